The maximum absolute atomic E-state index is 12.6. The molecule has 9 nitrogen and oxygen atoms in total. The maximum Gasteiger partial charge on any atom is 0.472 e. The van der Waals surface area contributed by atoms with E-state index in [1.54, 1.807) is 0 Å². The fourth-order valence-electron chi connectivity index (χ4n) is 5.16. The van der Waals surface area contributed by atoms with Crippen LogP contribution in [0, 0.1) is 0 Å². The Hall–Kier alpha value is -2.81. The van der Waals surface area contributed by atoms with Crippen molar-refractivity contribution < 1.29 is 37.6 Å². The lowest BCUT2D eigenvalue weighted by molar-refractivity contribution is -0.161. The largest absolute Gasteiger partial charge is 0.472 e. The van der Waals surface area contributed by atoms with Gasteiger partial charge in [0.1, 0.15) is 6.61 Å². The number of phosphoric ester groups is 1. The first-order chi connectivity index (χ1) is 26.8. The van der Waals surface area contributed by atoms with Crippen molar-refractivity contribution in [3.63, 3.8) is 0 Å². The summed E-state index contributed by atoms with van der Waals surface area (Å²) in [6.07, 6.45) is 50.4. The molecule has 0 aromatic carbocycles. The monoisotopic (exact) mass is 790 g/mol. The molecule has 0 saturated carbocycles. The highest BCUT2D eigenvalue weighted by Crippen LogP contribution is 2.43. The Balaban J connectivity index is 4.29. The second-order valence-corrected chi connectivity index (χ2v) is 14.9. The minimum atomic E-state index is -4.39. The predicted molar refractivity (Wildman–Crippen MR) is 229 cm³/mol. The van der Waals surface area contributed by atoms with E-state index in [0.717, 1.165) is 89.9 Å². The van der Waals surface area contributed by atoms with Crippen LogP contribution in [-0.4, -0.2) is 49.3 Å². The molecule has 314 valence electrons. The fraction of sp³-hybridized carbons (Fsp3) is 0.644. The van der Waals surface area contributed by atoms with Crippen molar-refractivity contribution in [2.45, 2.75) is 161 Å². The highest BCUT2D eigenvalue weighted by atomic mass is 31.2. The van der Waals surface area contributed by atoms with E-state index in [2.05, 4.69) is 98.9 Å². The average molecular weight is 790 g/mol. The van der Waals surface area contributed by atoms with Gasteiger partial charge in [0.2, 0.25) is 0 Å². The van der Waals surface area contributed by atoms with Gasteiger partial charge in [-0.25, -0.2) is 4.57 Å². The van der Waals surface area contributed by atoms with Gasteiger partial charge in [-0.05, 0) is 89.9 Å². The standard InChI is InChI=1S/C45H76NO8P/c1-3-5-7-9-11-13-15-17-19-20-21-22-24-26-28-30-32-34-36-38-45(48)54-43(42-53-55(49,50)52-40-39-46)41-51-44(47)37-35-33-31-29-27-25-23-18-16-14-12-10-8-6-4-2/h6,8,11-14,17-19,21-23,26,28,43H,3-5,7,9-10,15-16,20,24-25,27,29-42,46H2,1-2H3,(H,49,50)/b8-6-,13-11-,14-12-,19-17-,22-21-,23-18-,28-26-/t43-/m1/s1. The third kappa shape index (κ3) is 40.7. The van der Waals surface area contributed by atoms with Crippen molar-refractivity contribution in [2.24, 2.45) is 5.73 Å². The number of phosphoric acid groups is 1. The number of ether oxygens (including phenoxy) is 2. The molecular formula is C45H76NO8P. The van der Waals surface area contributed by atoms with E-state index < -0.39 is 32.5 Å². The molecule has 0 radical (unpaired) electrons. The number of rotatable bonds is 38. The summed E-state index contributed by atoms with van der Waals surface area (Å²) in [7, 11) is -4.39. The minimum Gasteiger partial charge on any atom is -0.462 e. The first-order valence-corrected chi connectivity index (χ1v) is 22.6. The summed E-state index contributed by atoms with van der Waals surface area (Å²) in [4.78, 5) is 34.8. The molecule has 0 saturated heterocycles. The van der Waals surface area contributed by atoms with Crippen LogP contribution in [0.3, 0.4) is 0 Å². The van der Waals surface area contributed by atoms with E-state index in [-0.39, 0.29) is 32.6 Å². The Morgan fingerprint density at radius 3 is 1.51 bits per heavy atom. The molecule has 0 aliphatic heterocycles. The lowest BCUT2D eigenvalue weighted by atomic mass is 10.1. The molecule has 0 fully saturated rings. The van der Waals surface area contributed by atoms with Crippen molar-refractivity contribution in [2.75, 3.05) is 26.4 Å². The molecule has 0 aliphatic rings. The molecule has 2 atom stereocenters. The fourth-order valence-corrected chi connectivity index (χ4v) is 5.92. The SMILES string of the molecule is CC/C=C\C/C=C\C/C=C\CCCCCCCC(=O)OC[C@H](COP(=O)(O)OCCN)OC(=O)CCCCC/C=C\C/C=C\C/C=C\C/C=C\CCCCC. The smallest absolute Gasteiger partial charge is 0.462 e. The molecule has 0 aromatic heterocycles. The Kier molecular flexibility index (Phi) is 38.8. The van der Waals surface area contributed by atoms with Crippen LogP contribution in [0.15, 0.2) is 85.1 Å². The first kappa shape index (κ1) is 52.2. The third-order valence-electron chi connectivity index (χ3n) is 8.27. The zero-order chi connectivity index (χ0) is 40.3. The molecule has 0 aliphatic carbocycles. The van der Waals surface area contributed by atoms with Crippen LogP contribution >= 0.6 is 7.82 Å². The van der Waals surface area contributed by atoms with E-state index in [4.69, 9.17) is 24.3 Å². The summed E-state index contributed by atoms with van der Waals surface area (Å²) in [5.74, 6) is -0.894. The topological polar surface area (TPSA) is 134 Å². The Bertz CT molecular complexity index is 1170. The normalized spacial score (nSPS) is 14.2. The molecule has 0 spiro atoms. The zero-order valence-corrected chi connectivity index (χ0v) is 35.3. The van der Waals surface area contributed by atoms with Crippen molar-refractivity contribution in [3.05, 3.63) is 85.1 Å². The van der Waals surface area contributed by atoms with E-state index in [0.29, 0.717) is 12.8 Å². The van der Waals surface area contributed by atoms with Gasteiger partial charge in [0.05, 0.1) is 13.2 Å². The third-order valence-corrected chi connectivity index (χ3v) is 9.25. The number of unbranched alkanes of at least 4 members (excludes halogenated alkanes) is 11. The number of esters is 2. The Morgan fingerprint density at radius 1 is 0.564 bits per heavy atom. The predicted octanol–water partition coefficient (Wildman–Crippen LogP) is 12.0. The summed E-state index contributed by atoms with van der Waals surface area (Å²) in [6, 6.07) is 0. The first-order valence-electron chi connectivity index (χ1n) is 21.1. The van der Waals surface area contributed by atoms with Crippen LogP contribution in [0.2, 0.25) is 0 Å². The van der Waals surface area contributed by atoms with E-state index in [1.165, 1.54) is 25.7 Å². The molecule has 0 bridgehead atoms. The number of hydrogen-bond donors (Lipinski definition) is 2. The van der Waals surface area contributed by atoms with Crippen molar-refractivity contribution in [1.29, 1.82) is 0 Å². The van der Waals surface area contributed by atoms with Gasteiger partial charge < -0.3 is 20.1 Å². The van der Waals surface area contributed by atoms with Crippen molar-refractivity contribution >= 4 is 19.8 Å². The highest BCUT2D eigenvalue weighted by molar-refractivity contribution is 7.47. The summed E-state index contributed by atoms with van der Waals surface area (Å²) >= 11 is 0. The summed E-state index contributed by atoms with van der Waals surface area (Å²) in [6.45, 7) is 3.51. The number of carbonyl (C=O) groups is 2. The Labute approximate surface area is 334 Å². The van der Waals surface area contributed by atoms with E-state index in [1.807, 2.05) is 0 Å². The number of allylic oxidation sites excluding steroid dienone is 14. The van der Waals surface area contributed by atoms with Crippen LogP contribution < -0.4 is 5.73 Å². The summed E-state index contributed by atoms with van der Waals surface area (Å²) < 4.78 is 32.7. The minimum absolute atomic E-state index is 0.0405. The molecule has 0 aromatic rings. The summed E-state index contributed by atoms with van der Waals surface area (Å²) in [5, 5.41) is 0. The van der Waals surface area contributed by atoms with Crippen LogP contribution in [0.5, 0.6) is 0 Å². The molecule has 0 amide bonds. The number of nitrogens with two attached hydrogens (primary N) is 1. The van der Waals surface area contributed by atoms with Crippen molar-refractivity contribution in [1.82, 2.24) is 0 Å². The molecule has 1 unspecified atom stereocenters. The van der Waals surface area contributed by atoms with Gasteiger partial charge in [0.25, 0.3) is 0 Å². The van der Waals surface area contributed by atoms with Crippen LogP contribution in [0.1, 0.15) is 155 Å². The van der Waals surface area contributed by atoms with Crippen LogP contribution in [0.25, 0.3) is 0 Å². The molecule has 3 N–H and O–H groups in total. The number of hydrogen-bond acceptors (Lipinski definition) is 8. The zero-order valence-electron chi connectivity index (χ0n) is 34.4. The van der Waals surface area contributed by atoms with Gasteiger partial charge in [-0.2, -0.15) is 0 Å². The molecule has 55 heavy (non-hydrogen) atoms. The lowest BCUT2D eigenvalue weighted by Gasteiger charge is -2.19. The van der Waals surface area contributed by atoms with Crippen LogP contribution in [0.4, 0.5) is 0 Å². The highest BCUT2D eigenvalue weighted by Gasteiger charge is 2.25. The molecule has 10 heteroatoms. The lowest BCUT2D eigenvalue weighted by Crippen LogP contribution is -2.29. The number of carbonyl (C=O) groups excluding carboxylic acids is 2. The van der Waals surface area contributed by atoms with Gasteiger partial charge >= 0.3 is 19.8 Å². The van der Waals surface area contributed by atoms with Gasteiger partial charge in [0, 0.05) is 19.4 Å². The van der Waals surface area contributed by atoms with E-state index in [9.17, 15) is 19.0 Å². The van der Waals surface area contributed by atoms with Gasteiger partial charge in [-0.3, -0.25) is 18.6 Å². The second-order valence-electron chi connectivity index (χ2n) is 13.5. The summed E-state index contributed by atoms with van der Waals surface area (Å²) in [5.41, 5.74) is 5.34. The molecule has 0 heterocycles. The maximum atomic E-state index is 12.6. The second kappa shape index (κ2) is 40.8. The Morgan fingerprint density at radius 2 is 1.00 bits per heavy atom. The van der Waals surface area contributed by atoms with Gasteiger partial charge in [-0.1, -0.05) is 137 Å². The quantitative estimate of drug-likeness (QED) is 0.0271. The van der Waals surface area contributed by atoms with Gasteiger partial charge in [-0.15, -0.1) is 0 Å². The van der Waals surface area contributed by atoms with Gasteiger partial charge in [0.15, 0.2) is 6.10 Å². The average Bonchev–Trinajstić information content (AvgIpc) is 3.17. The van der Waals surface area contributed by atoms with E-state index >= 15 is 0 Å². The van der Waals surface area contributed by atoms with Crippen LogP contribution in [-0.2, 0) is 32.7 Å². The van der Waals surface area contributed by atoms with Crippen molar-refractivity contribution in [3.8, 4) is 0 Å². The molecular weight excluding hydrogens is 713 g/mol. The molecule has 0 rings (SSSR count).